The first kappa shape index (κ1) is 15.5. The van der Waals surface area contributed by atoms with Crippen LogP contribution in [0, 0.1) is 5.92 Å². The Hall–Kier alpha value is -0.850. The second kappa shape index (κ2) is 6.28. The molecule has 1 aromatic heterocycles. The molecule has 0 aromatic carbocycles. The van der Waals surface area contributed by atoms with Crippen molar-refractivity contribution >= 4 is 10.0 Å². The third-order valence-electron chi connectivity index (χ3n) is 4.16. The Bertz CT molecular complexity index is 521. The number of hydrogen-bond donors (Lipinski definition) is 2. The molecule has 1 fully saturated rings. The molecule has 114 valence electrons. The van der Waals surface area contributed by atoms with E-state index in [9.17, 15) is 8.42 Å². The van der Waals surface area contributed by atoms with Crippen LogP contribution in [-0.2, 0) is 23.1 Å². The first-order valence-corrected chi connectivity index (χ1v) is 8.86. The lowest BCUT2D eigenvalue weighted by atomic mass is 9.88. The van der Waals surface area contributed by atoms with Gasteiger partial charge in [-0.3, -0.25) is 0 Å². The van der Waals surface area contributed by atoms with E-state index in [4.69, 9.17) is 5.73 Å². The molecule has 0 saturated heterocycles. The minimum Gasteiger partial charge on any atom is -0.349 e. The Kier molecular flexibility index (Phi) is 4.88. The summed E-state index contributed by atoms with van der Waals surface area (Å²) < 4.78 is 29.6. The van der Waals surface area contributed by atoms with Gasteiger partial charge in [0.15, 0.2) is 0 Å². The normalized spacial score (nSPS) is 23.9. The lowest BCUT2D eigenvalue weighted by molar-refractivity contribution is 0.332. The number of nitrogens with zero attached hydrogens (tertiary/aromatic N) is 1. The first-order valence-electron chi connectivity index (χ1n) is 7.37. The van der Waals surface area contributed by atoms with Crippen molar-refractivity contribution in [2.75, 3.05) is 0 Å². The summed E-state index contributed by atoms with van der Waals surface area (Å²) in [5.74, 6) is 0.709. The van der Waals surface area contributed by atoms with Gasteiger partial charge in [-0.05, 0) is 44.6 Å². The molecule has 0 amide bonds. The van der Waals surface area contributed by atoms with E-state index in [1.54, 1.807) is 12.3 Å². The molecular weight excluding hydrogens is 274 g/mol. The number of nitrogens with one attached hydrogen (secondary N) is 1. The SMILES string of the molecule is CCn1cc(S(=O)(=O)NC2CCC(C)CC2)cc1CN. The van der Waals surface area contributed by atoms with Crippen molar-refractivity contribution in [1.29, 1.82) is 0 Å². The highest BCUT2D eigenvalue weighted by Gasteiger charge is 2.25. The van der Waals surface area contributed by atoms with Crippen molar-refractivity contribution in [3.63, 3.8) is 0 Å². The third-order valence-corrected chi connectivity index (χ3v) is 5.65. The van der Waals surface area contributed by atoms with E-state index >= 15 is 0 Å². The average molecular weight is 299 g/mol. The van der Waals surface area contributed by atoms with Crippen LogP contribution in [0.15, 0.2) is 17.2 Å². The highest BCUT2D eigenvalue weighted by atomic mass is 32.2. The summed E-state index contributed by atoms with van der Waals surface area (Å²) in [5.41, 5.74) is 6.50. The molecule has 0 atom stereocenters. The zero-order valence-electron chi connectivity index (χ0n) is 12.3. The summed E-state index contributed by atoms with van der Waals surface area (Å²) in [6, 6.07) is 1.75. The maximum Gasteiger partial charge on any atom is 0.242 e. The van der Waals surface area contributed by atoms with E-state index in [1.165, 1.54) is 0 Å². The van der Waals surface area contributed by atoms with Crippen LogP contribution in [0.5, 0.6) is 0 Å². The van der Waals surface area contributed by atoms with Crippen molar-refractivity contribution < 1.29 is 8.42 Å². The molecule has 0 unspecified atom stereocenters. The van der Waals surface area contributed by atoms with Crippen LogP contribution in [0.1, 0.15) is 45.2 Å². The zero-order chi connectivity index (χ0) is 14.8. The van der Waals surface area contributed by atoms with Crippen LogP contribution in [-0.4, -0.2) is 19.0 Å². The number of rotatable bonds is 5. The Balaban J connectivity index is 2.12. The van der Waals surface area contributed by atoms with Crippen molar-refractivity contribution in [1.82, 2.24) is 9.29 Å². The summed E-state index contributed by atoms with van der Waals surface area (Å²) in [5, 5.41) is 0. The Morgan fingerprint density at radius 3 is 2.50 bits per heavy atom. The lowest BCUT2D eigenvalue weighted by Gasteiger charge is -2.26. The van der Waals surface area contributed by atoms with Gasteiger partial charge in [-0.15, -0.1) is 0 Å². The van der Waals surface area contributed by atoms with Crippen LogP contribution in [0.3, 0.4) is 0 Å². The molecule has 1 saturated carbocycles. The highest BCUT2D eigenvalue weighted by Crippen LogP contribution is 2.25. The van der Waals surface area contributed by atoms with Gasteiger partial charge in [-0.25, -0.2) is 13.1 Å². The quantitative estimate of drug-likeness (QED) is 0.870. The fourth-order valence-electron chi connectivity index (χ4n) is 2.80. The van der Waals surface area contributed by atoms with Gasteiger partial charge in [0.2, 0.25) is 10.0 Å². The number of nitrogens with two attached hydrogens (primary N) is 1. The molecule has 1 aromatic rings. The molecule has 6 heteroatoms. The molecule has 20 heavy (non-hydrogen) atoms. The van der Waals surface area contributed by atoms with E-state index in [0.29, 0.717) is 17.4 Å². The van der Waals surface area contributed by atoms with Gasteiger partial charge in [-0.1, -0.05) is 6.92 Å². The maximum atomic E-state index is 12.4. The van der Waals surface area contributed by atoms with Gasteiger partial charge in [0.05, 0.1) is 4.90 Å². The van der Waals surface area contributed by atoms with Crippen molar-refractivity contribution in [2.45, 2.75) is 63.6 Å². The van der Waals surface area contributed by atoms with E-state index in [1.807, 2.05) is 11.5 Å². The van der Waals surface area contributed by atoms with E-state index in [2.05, 4.69) is 11.6 Å². The Morgan fingerprint density at radius 2 is 2.00 bits per heavy atom. The van der Waals surface area contributed by atoms with Gasteiger partial charge >= 0.3 is 0 Å². The van der Waals surface area contributed by atoms with E-state index < -0.39 is 10.0 Å². The van der Waals surface area contributed by atoms with Gasteiger partial charge < -0.3 is 10.3 Å². The van der Waals surface area contributed by atoms with Gasteiger partial charge in [0.25, 0.3) is 0 Å². The monoisotopic (exact) mass is 299 g/mol. The van der Waals surface area contributed by atoms with Crippen LogP contribution in [0.25, 0.3) is 0 Å². The maximum absolute atomic E-state index is 12.4. The van der Waals surface area contributed by atoms with Crippen molar-refractivity contribution in [2.24, 2.45) is 11.7 Å². The molecule has 0 spiro atoms. The van der Waals surface area contributed by atoms with Crippen molar-refractivity contribution in [3.8, 4) is 0 Å². The van der Waals surface area contributed by atoms with Crippen LogP contribution in [0.4, 0.5) is 0 Å². The second-order valence-corrected chi connectivity index (χ2v) is 7.45. The lowest BCUT2D eigenvalue weighted by Crippen LogP contribution is -2.37. The topological polar surface area (TPSA) is 77.1 Å². The van der Waals surface area contributed by atoms with E-state index in [0.717, 1.165) is 37.9 Å². The summed E-state index contributed by atoms with van der Waals surface area (Å²) in [7, 11) is -3.43. The summed E-state index contributed by atoms with van der Waals surface area (Å²) in [4.78, 5) is 0.332. The van der Waals surface area contributed by atoms with Gasteiger partial charge in [-0.2, -0.15) is 0 Å². The molecule has 2 rings (SSSR count). The minimum atomic E-state index is -3.43. The number of aromatic nitrogens is 1. The number of aryl methyl sites for hydroxylation is 1. The molecule has 0 radical (unpaired) electrons. The second-order valence-electron chi connectivity index (χ2n) is 5.74. The average Bonchev–Trinajstić information content (AvgIpc) is 2.85. The van der Waals surface area contributed by atoms with Crippen LogP contribution in [0.2, 0.25) is 0 Å². The van der Waals surface area contributed by atoms with Crippen molar-refractivity contribution in [3.05, 3.63) is 18.0 Å². The summed E-state index contributed by atoms with van der Waals surface area (Å²) in [6.07, 6.45) is 5.72. The smallest absolute Gasteiger partial charge is 0.242 e. The highest BCUT2D eigenvalue weighted by molar-refractivity contribution is 7.89. The largest absolute Gasteiger partial charge is 0.349 e. The Morgan fingerprint density at radius 1 is 1.35 bits per heavy atom. The number of hydrogen-bond acceptors (Lipinski definition) is 3. The summed E-state index contributed by atoms with van der Waals surface area (Å²) in [6.45, 7) is 5.28. The minimum absolute atomic E-state index is 0.0718. The molecule has 0 bridgehead atoms. The van der Waals surface area contributed by atoms with Gasteiger partial charge in [0.1, 0.15) is 0 Å². The first-order chi connectivity index (χ1) is 9.46. The fraction of sp³-hybridized carbons (Fsp3) is 0.714. The molecule has 0 aliphatic heterocycles. The predicted octanol–water partition coefficient (Wildman–Crippen LogP) is 1.82. The van der Waals surface area contributed by atoms with Crippen LogP contribution < -0.4 is 10.5 Å². The Labute approximate surface area is 121 Å². The molecule has 5 nitrogen and oxygen atoms in total. The molecule has 1 heterocycles. The third kappa shape index (κ3) is 3.42. The molecule has 1 aliphatic rings. The fourth-order valence-corrected chi connectivity index (χ4v) is 4.17. The molecule has 3 N–H and O–H groups in total. The van der Waals surface area contributed by atoms with Crippen LogP contribution >= 0.6 is 0 Å². The molecular formula is C14H25N3O2S. The van der Waals surface area contributed by atoms with E-state index in [-0.39, 0.29) is 6.04 Å². The number of sulfonamides is 1. The molecule has 1 aliphatic carbocycles. The standard InChI is InChI=1S/C14H25N3O2S/c1-3-17-10-14(8-13(17)9-15)20(18,19)16-12-6-4-11(2)5-7-12/h8,10-12,16H,3-7,9,15H2,1-2H3. The summed E-state index contributed by atoms with van der Waals surface area (Å²) >= 11 is 0. The van der Waals surface area contributed by atoms with Gasteiger partial charge in [0, 0.05) is 31.0 Å². The predicted molar refractivity (Wildman–Crippen MR) is 79.7 cm³/mol. The zero-order valence-corrected chi connectivity index (χ0v) is 13.1.